The summed E-state index contributed by atoms with van der Waals surface area (Å²) < 4.78 is 0. The number of nitro benzene ring substituents is 1. The SMILES string of the molecule is O=C(c1ccccc1)N1CCC(c2ccccc2[N+](=O)[O-])CC1. The van der Waals surface area contributed by atoms with E-state index in [4.69, 9.17) is 0 Å². The van der Waals surface area contributed by atoms with Crippen LogP contribution in [0.5, 0.6) is 0 Å². The average molecular weight is 310 g/mol. The number of hydrogen-bond donors (Lipinski definition) is 0. The van der Waals surface area contributed by atoms with Crippen molar-refractivity contribution in [3.8, 4) is 0 Å². The maximum absolute atomic E-state index is 12.4. The molecule has 3 rings (SSSR count). The lowest BCUT2D eigenvalue weighted by molar-refractivity contribution is -0.385. The molecule has 1 amide bonds. The molecule has 0 aliphatic carbocycles. The number of amides is 1. The molecule has 0 atom stereocenters. The van der Waals surface area contributed by atoms with E-state index in [0.717, 1.165) is 18.4 Å². The molecule has 5 nitrogen and oxygen atoms in total. The van der Waals surface area contributed by atoms with Gasteiger partial charge in [-0.3, -0.25) is 14.9 Å². The largest absolute Gasteiger partial charge is 0.339 e. The number of nitro groups is 1. The van der Waals surface area contributed by atoms with Gasteiger partial charge in [0.1, 0.15) is 0 Å². The van der Waals surface area contributed by atoms with Gasteiger partial charge in [-0.15, -0.1) is 0 Å². The number of likely N-dealkylation sites (tertiary alicyclic amines) is 1. The van der Waals surface area contributed by atoms with Crippen LogP contribution in [-0.2, 0) is 0 Å². The van der Waals surface area contributed by atoms with Crippen LogP contribution < -0.4 is 0 Å². The highest BCUT2D eigenvalue weighted by molar-refractivity contribution is 5.94. The predicted octanol–water partition coefficient (Wildman–Crippen LogP) is 3.61. The second-order valence-corrected chi connectivity index (χ2v) is 5.75. The van der Waals surface area contributed by atoms with Crippen LogP contribution in [0.4, 0.5) is 5.69 Å². The minimum Gasteiger partial charge on any atom is -0.339 e. The van der Waals surface area contributed by atoms with Crippen LogP contribution in [0.1, 0.15) is 34.7 Å². The molecular weight excluding hydrogens is 292 g/mol. The average Bonchev–Trinajstić information content (AvgIpc) is 2.62. The van der Waals surface area contributed by atoms with Gasteiger partial charge in [-0.2, -0.15) is 0 Å². The molecule has 2 aromatic rings. The number of para-hydroxylation sites is 1. The van der Waals surface area contributed by atoms with Gasteiger partial charge in [0.15, 0.2) is 0 Å². The fourth-order valence-electron chi connectivity index (χ4n) is 3.16. The molecule has 0 radical (unpaired) electrons. The summed E-state index contributed by atoms with van der Waals surface area (Å²) in [5.41, 5.74) is 1.65. The third-order valence-corrected chi connectivity index (χ3v) is 4.38. The van der Waals surface area contributed by atoms with Gasteiger partial charge >= 0.3 is 0 Å². The van der Waals surface area contributed by atoms with Crippen LogP contribution in [0.3, 0.4) is 0 Å². The van der Waals surface area contributed by atoms with Crippen LogP contribution in [0, 0.1) is 10.1 Å². The van der Waals surface area contributed by atoms with Crippen molar-refractivity contribution < 1.29 is 9.72 Å². The van der Waals surface area contributed by atoms with Gasteiger partial charge in [-0.05, 0) is 30.9 Å². The van der Waals surface area contributed by atoms with Crippen molar-refractivity contribution >= 4 is 11.6 Å². The number of nitrogens with zero attached hydrogens (tertiary/aromatic N) is 2. The maximum atomic E-state index is 12.4. The van der Waals surface area contributed by atoms with Crippen molar-refractivity contribution in [1.29, 1.82) is 0 Å². The van der Waals surface area contributed by atoms with Crippen molar-refractivity contribution in [2.24, 2.45) is 0 Å². The third kappa shape index (κ3) is 3.23. The lowest BCUT2D eigenvalue weighted by Crippen LogP contribution is -2.38. The molecule has 1 saturated heterocycles. The van der Waals surface area contributed by atoms with E-state index in [1.165, 1.54) is 0 Å². The zero-order valence-electron chi connectivity index (χ0n) is 12.7. The number of hydrogen-bond acceptors (Lipinski definition) is 3. The zero-order chi connectivity index (χ0) is 16.2. The molecule has 0 N–H and O–H groups in total. The number of rotatable bonds is 3. The Morgan fingerprint density at radius 2 is 1.61 bits per heavy atom. The fraction of sp³-hybridized carbons (Fsp3) is 0.278. The maximum Gasteiger partial charge on any atom is 0.272 e. The summed E-state index contributed by atoms with van der Waals surface area (Å²) in [6, 6.07) is 16.1. The summed E-state index contributed by atoms with van der Waals surface area (Å²) in [4.78, 5) is 25.1. The Morgan fingerprint density at radius 3 is 2.26 bits per heavy atom. The number of carbonyl (C=O) groups is 1. The topological polar surface area (TPSA) is 63.5 Å². The van der Waals surface area contributed by atoms with Gasteiger partial charge in [0, 0.05) is 30.3 Å². The van der Waals surface area contributed by atoms with Gasteiger partial charge in [0.25, 0.3) is 11.6 Å². The molecule has 0 unspecified atom stereocenters. The van der Waals surface area contributed by atoms with E-state index in [1.807, 2.05) is 47.4 Å². The normalized spacial score (nSPS) is 15.4. The quantitative estimate of drug-likeness (QED) is 0.642. The van der Waals surface area contributed by atoms with Crippen LogP contribution >= 0.6 is 0 Å². The van der Waals surface area contributed by atoms with E-state index in [-0.39, 0.29) is 22.4 Å². The molecule has 1 aliphatic heterocycles. The van der Waals surface area contributed by atoms with Crippen molar-refractivity contribution in [2.75, 3.05) is 13.1 Å². The van der Waals surface area contributed by atoms with E-state index in [1.54, 1.807) is 12.1 Å². The summed E-state index contributed by atoms with van der Waals surface area (Å²) in [7, 11) is 0. The molecule has 1 aliphatic rings. The van der Waals surface area contributed by atoms with Crippen molar-refractivity contribution in [1.82, 2.24) is 4.90 Å². The van der Waals surface area contributed by atoms with E-state index in [0.29, 0.717) is 18.7 Å². The summed E-state index contributed by atoms with van der Waals surface area (Å²) in [5, 5.41) is 11.2. The molecule has 118 valence electrons. The Kier molecular flexibility index (Phi) is 4.37. The Balaban J connectivity index is 1.70. The van der Waals surface area contributed by atoms with Crippen molar-refractivity contribution in [3.63, 3.8) is 0 Å². The molecule has 0 spiro atoms. The Bertz CT molecular complexity index is 707. The van der Waals surface area contributed by atoms with E-state index >= 15 is 0 Å². The Morgan fingerprint density at radius 1 is 1.00 bits per heavy atom. The first-order chi connectivity index (χ1) is 11.2. The molecule has 23 heavy (non-hydrogen) atoms. The molecule has 5 heteroatoms. The lowest BCUT2D eigenvalue weighted by Gasteiger charge is -2.32. The molecule has 2 aromatic carbocycles. The van der Waals surface area contributed by atoms with Crippen LogP contribution in [0.25, 0.3) is 0 Å². The standard InChI is InChI=1S/C18H18N2O3/c21-18(15-6-2-1-3-7-15)19-12-10-14(11-13-19)16-8-4-5-9-17(16)20(22)23/h1-9,14H,10-13H2. The van der Waals surface area contributed by atoms with Gasteiger partial charge < -0.3 is 4.90 Å². The van der Waals surface area contributed by atoms with Gasteiger partial charge in [-0.1, -0.05) is 36.4 Å². The summed E-state index contributed by atoms with van der Waals surface area (Å²) in [6.45, 7) is 1.26. The molecule has 0 aromatic heterocycles. The summed E-state index contributed by atoms with van der Waals surface area (Å²) >= 11 is 0. The zero-order valence-corrected chi connectivity index (χ0v) is 12.7. The Labute approximate surface area is 134 Å². The van der Waals surface area contributed by atoms with Gasteiger partial charge in [-0.25, -0.2) is 0 Å². The predicted molar refractivity (Wildman–Crippen MR) is 87.4 cm³/mol. The Hall–Kier alpha value is -2.69. The van der Waals surface area contributed by atoms with Gasteiger partial charge in [0.05, 0.1) is 4.92 Å². The third-order valence-electron chi connectivity index (χ3n) is 4.38. The molecule has 1 heterocycles. The fourth-order valence-corrected chi connectivity index (χ4v) is 3.16. The molecule has 0 bridgehead atoms. The van der Waals surface area contributed by atoms with E-state index in [2.05, 4.69) is 0 Å². The lowest BCUT2D eigenvalue weighted by atomic mass is 9.88. The van der Waals surface area contributed by atoms with E-state index < -0.39 is 0 Å². The number of benzene rings is 2. The summed E-state index contributed by atoms with van der Waals surface area (Å²) in [6.07, 6.45) is 1.51. The number of carbonyl (C=O) groups excluding carboxylic acids is 1. The number of piperidine rings is 1. The van der Waals surface area contributed by atoms with Crippen molar-refractivity contribution in [2.45, 2.75) is 18.8 Å². The monoisotopic (exact) mass is 310 g/mol. The van der Waals surface area contributed by atoms with E-state index in [9.17, 15) is 14.9 Å². The first-order valence-corrected chi connectivity index (χ1v) is 7.74. The van der Waals surface area contributed by atoms with Gasteiger partial charge in [0.2, 0.25) is 0 Å². The van der Waals surface area contributed by atoms with Crippen LogP contribution in [0.2, 0.25) is 0 Å². The van der Waals surface area contributed by atoms with Crippen LogP contribution in [-0.4, -0.2) is 28.8 Å². The molecule has 1 fully saturated rings. The first kappa shape index (κ1) is 15.2. The highest BCUT2D eigenvalue weighted by Crippen LogP contribution is 2.34. The first-order valence-electron chi connectivity index (χ1n) is 7.74. The van der Waals surface area contributed by atoms with Crippen LogP contribution in [0.15, 0.2) is 54.6 Å². The second kappa shape index (κ2) is 6.60. The smallest absolute Gasteiger partial charge is 0.272 e. The summed E-state index contributed by atoms with van der Waals surface area (Å²) in [5.74, 6) is 0.169. The van der Waals surface area contributed by atoms with Crippen molar-refractivity contribution in [3.05, 3.63) is 75.8 Å². The second-order valence-electron chi connectivity index (χ2n) is 5.75. The molecule has 0 saturated carbocycles. The minimum atomic E-state index is -0.323. The highest BCUT2D eigenvalue weighted by Gasteiger charge is 2.28. The highest BCUT2D eigenvalue weighted by atomic mass is 16.6. The molecular formula is C18H18N2O3. The minimum absolute atomic E-state index is 0.0339.